The van der Waals surface area contributed by atoms with Crippen LogP contribution in [-0.4, -0.2) is 35.1 Å². The molecule has 1 N–H and O–H groups in total. The van der Waals surface area contributed by atoms with E-state index >= 15 is 0 Å². The van der Waals surface area contributed by atoms with Gasteiger partial charge >= 0.3 is 0 Å². The normalized spacial score (nSPS) is 28.7. The highest BCUT2D eigenvalue weighted by Crippen LogP contribution is 2.34. The Morgan fingerprint density at radius 3 is 2.58 bits per heavy atom. The van der Waals surface area contributed by atoms with Crippen molar-refractivity contribution in [1.29, 1.82) is 5.26 Å². The van der Waals surface area contributed by atoms with Crippen molar-refractivity contribution < 1.29 is 0 Å². The van der Waals surface area contributed by atoms with Crippen molar-refractivity contribution in [2.45, 2.75) is 89.9 Å². The van der Waals surface area contributed by atoms with E-state index in [1.165, 1.54) is 6.42 Å². The summed E-state index contributed by atoms with van der Waals surface area (Å²) in [5, 5.41) is 13.1. The van der Waals surface area contributed by atoms with Gasteiger partial charge in [-0.3, -0.25) is 10.2 Å². The second-order valence-corrected chi connectivity index (χ2v) is 7.02. The molecule has 0 aromatic rings. The average molecular weight is 265 g/mol. The predicted molar refractivity (Wildman–Crippen MR) is 81.0 cm³/mol. The van der Waals surface area contributed by atoms with Gasteiger partial charge in [0.05, 0.1) is 6.07 Å². The van der Waals surface area contributed by atoms with Crippen LogP contribution in [0.3, 0.4) is 0 Å². The van der Waals surface area contributed by atoms with Crippen molar-refractivity contribution >= 4 is 0 Å². The third-order valence-corrected chi connectivity index (χ3v) is 4.87. The van der Waals surface area contributed by atoms with Crippen molar-refractivity contribution in [1.82, 2.24) is 10.2 Å². The molecule has 1 saturated carbocycles. The number of rotatable bonds is 5. The highest BCUT2D eigenvalue weighted by atomic mass is 15.2. The molecule has 0 aromatic heterocycles. The first-order chi connectivity index (χ1) is 8.76. The maximum Gasteiger partial charge on any atom is 0.108 e. The maximum atomic E-state index is 9.62. The summed E-state index contributed by atoms with van der Waals surface area (Å²) in [7, 11) is 2.22. The van der Waals surface area contributed by atoms with Crippen molar-refractivity contribution in [3.05, 3.63) is 0 Å². The second kappa shape index (κ2) is 6.24. The van der Waals surface area contributed by atoms with Gasteiger partial charge in [0, 0.05) is 17.6 Å². The highest BCUT2D eigenvalue weighted by Gasteiger charge is 2.40. The first-order valence-electron chi connectivity index (χ1n) is 7.68. The molecule has 3 nitrogen and oxygen atoms in total. The lowest BCUT2D eigenvalue weighted by atomic mass is 9.77. The zero-order chi connectivity index (χ0) is 14.7. The molecule has 2 unspecified atom stereocenters. The number of hydrogen-bond acceptors (Lipinski definition) is 3. The number of hydrogen-bond donors (Lipinski definition) is 1. The number of nitrogens with one attached hydrogen (secondary N) is 1. The summed E-state index contributed by atoms with van der Waals surface area (Å²) < 4.78 is 0. The van der Waals surface area contributed by atoms with E-state index in [1.54, 1.807) is 0 Å². The molecule has 0 saturated heterocycles. The fourth-order valence-electron chi connectivity index (χ4n) is 3.14. The first kappa shape index (κ1) is 16.5. The lowest BCUT2D eigenvalue weighted by Crippen LogP contribution is -2.57. The van der Waals surface area contributed by atoms with E-state index < -0.39 is 0 Å². The molecule has 1 rings (SSSR count). The molecule has 0 aromatic carbocycles. The summed E-state index contributed by atoms with van der Waals surface area (Å²) in [5.74, 6) is 0. The minimum Gasteiger partial charge on any atom is -0.298 e. The summed E-state index contributed by atoms with van der Waals surface area (Å²) in [5.41, 5.74) is -0.115. The quantitative estimate of drug-likeness (QED) is 0.829. The number of nitrogens with zero attached hydrogens (tertiary/aromatic N) is 2. The second-order valence-electron chi connectivity index (χ2n) is 7.02. The van der Waals surface area contributed by atoms with Gasteiger partial charge in [0.25, 0.3) is 0 Å². The zero-order valence-corrected chi connectivity index (χ0v) is 13.6. The van der Waals surface area contributed by atoms with Gasteiger partial charge in [-0.1, -0.05) is 6.92 Å². The van der Waals surface area contributed by atoms with Crippen LogP contribution in [0, 0.1) is 11.3 Å². The Bertz CT molecular complexity index is 329. The topological polar surface area (TPSA) is 39.1 Å². The van der Waals surface area contributed by atoms with E-state index in [2.05, 4.69) is 58.0 Å². The standard InChI is InChI=1S/C16H31N3/c1-7-15(4,5)19(6)14-9-8-10-16(11-14,12-17)18-13(2)3/h13-14,18H,7-11H2,1-6H3. The predicted octanol–water partition coefficient (Wildman–Crippen LogP) is 3.31. The third-order valence-electron chi connectivity index (χ3n) is 4.87. The molecular weight excluding hydrogens is 234 g/mol. The zero-order valence-electron chi connectivity index (χ0n) is 13.6. The third kappa shape index (κ3) is 3.94. The Hall–Kier alpha value is -0.590. The molecule has 110 valence electrons. The SMILES string of the molecule is CCC(C)(C)N(C)C1CCCC(C#N)(NC(C)C)C1. The molecular formula is C16H31N3. The lowest BCUT2D eigenvalue weighted by molar-refractivity contribution is 0.0543. The summed E-state index contributed by atoms with van der Waals surface area (Å²) in [6.07, 6.45) is 5.42. The molecule has 19 heavy (non-hydrogen) atoms. The summed E-state index contributed by atoms with van der Waals surface area (Å²) >= 11 is 0. The van der Waals surface area contributed by atoms with E-state index in [0.29, 0.717) is 12.1 Å². The smallest absolute Gasteiger partial charge is 0.108 e. The fraction of sp³-hybridized carbons (Fsp3) is 0.938. The van der Waals surface area contributed by atoms with Crippen LogP contribution in [0.2, 0.25) is 0 Å². The highest BCUT2D eigenvalue weighted by molar-refractivity contribution is 5.12. The maximum absolute atomic E-state index is 9.62. The van der Waals surface area contributed by atoms with E-state index in [0.717, 1.165) is 25.7 Å². The molecule has 1 aliphatic carbocycles. The van der Waals surface area contributed by atoms with E-state index in [9.17, 15) is 5.26 Å². The Kier molecular flexibility index (Phi) is 5.41. The van der Waals surface area contributed by atoms with Crippen molar-refractivity contribution in [2.75, 3.05) is 7.05 Å². The molecule has 0 aliphatic heterocycles. The Balaban J connectivity index is 2.81. The van der Waals surface area contributed by atoms with Gasteiger partial charge < -0.3 is 0 Å². The number of nitriles is 1. The summed E-state index contributed by atoms with van der Waals surface area (Å²) in [6.45, 7) is 11.1. The molecule has 1 fully saturated rings. The lowest BCUT2D eigenvalue weighted by Gasteiger charge is -2.46. The molecule has 0 amide bonds. The first-order valence-corrected chi connectivity index (χ1v) is 7.68. The van der Waals surface area contributed by atoms with Crippen LogP contribution in [-0.2, 0) is 0 Å². The fourth-order valence-corrected chi connectivity index (χ4v) is 3.14. The molecule has 0 radical (unpaired) electrons. The van der Waals surface area contributed by atoms with Crippen LogP contribution in [0.25, 0.3) is 0 Å². The minimum absolute atomic E-state index is 0.209. The van der Waals surface area contributed by atoms with Gasteiger partial charge in [-0.15, -0.1) is 0 Å². The van der Waals surface area contributed by atoms with Crippen LogP contribution in [0.1, 0.15) is 66.7 Å². The molecule has 0 heterocycles. The monoisotopic (exact) mass is 265 g/mol. The van der Waals surface area contributed by atoms with Gasteiger partial charge in [0.15, 0.2) is 0 Å². The van der Waals surface area contributed by atoms with E-state index in [1.807, 2.05) is 0 Å². The van der Waals surface area contributed by atoms with Crippen LogP contribution < -0.4 is 5.32 Å². The molecule has 1 aliphatic rings. The molecule has 0 spiro atoms. The summed E-state index contributed by atoms with van der Waals surface area (Å²) in [4.78, 5) is 2.49. The van der Waals surface area contributed by atoms with Crippen LogP contribution in [0.5, 0.6) is 0 Å². The Morgan fingerprint density at radius 1 is 1.47 bits per heavy atom. The van der Waals surface area contributed by atoms with Crippen molar-refractivity contribution in [2.24, 2.45) is 0 Å². The summed E-state index contributed by atoms with van der Waals surface area (Å²) in [6, 6.07) is 3.44. The van der Waals surface area contributed by atoms with Gasteiger partial charge in [-0.25, -0.2) is 0 Å². The van der Waals surface area contributed by atoms with Gasteiger partial charge in [0.1, 0.15) is 5.54 Å². The molecule has 0 bridgehead atoms. The van der Waals surface area contributed by atoms with E-state index in [-0.39, 0.29) is 11.1 Å². The average Bonchev–Trinajstić information content (AvgIpc) is 2.37. The largest absolute Gasteiger partial charge is 0.298 e. The van der Waals surface area contributed by atoms with Gasteiger partial charge in [0.2, 0.25) is 0 Å². The Labute approximate surface area is 119 Å². The minimum atomic E-state index is -0.324. The van der Waals surface area contributed by atoms with Crippen molar-refractivity contribution in [3.63, 3.8) is 0 Å². The van der Waals surface area contributed by atoms with Gasteiger partial charge in [-0.05, 0) is 66.8 Å². The van der Waals surface area contributed by atoms with Crippen LogP contribution in [0.15, 0.2) is 0 Å². The molecule has 2 atom stereocenters. The molecule has 3 heteroatoms. The van der Waals surface area contributed by atoms with Crippen molar-refractivity contribution in [3.8, 4) is 6.07 Å². The van der Waals surface area contributed by atoms with Crippen LogP contribution in [0.4, 0.5) is 0 Å². The van der Waals surface area contributed by atoms with Crippen LogP contribution >= 0.6 is 0 Å². The Morgan fingerprint density at radius 2 is 2.11 bits per heavy atom. The van der Waals surface area contributed by atoms with Gasteiger partial charge in [-0.2, -0.15) is 5.26 Å². The van der Waals surface area contributed by atoms with E-state index in [4.69, 9.17) is 0 Å².